The number of nitrogens with zero attached hydrogens (tertiary/aromatic N) is 1. The van der Waals surface area contributed by atoms with Gasteiger partial charge in [0, 0.05) is 30.6 Å². The Morgan fingerprint density at radius 1 is 1.06 bits per heavy atom. The number of ether oxygens (including phenoxy) is 1. The second-order valence-electron chi connectivity index (χ2n) is 7.69. The first-order chi connectivity index (χ1) is 14.9. The lowest BCUT2D eigenvalue weighted by Gasteiger charge is -2.14. The molecule has 2 aromatic rings. The van der Waals surface area contributed by atoms with Gasteiger partial charge in [0.1, 0.15) is 11.6 Å². The normalized spacial score (nSPS) is 15.5. The van der Waals surface area contributed by atoms with Gasteiger partial charge in [-0.3, -0.25) is 14.5 Å². The number of fused-ring (bicyclic) bond motifs is 1. The Morgan fingerprint density at radius 2 is 1.81 bits per heavy atom. The van der Waals surface area contributed by atoms with Crippen LogP contribution in [-0.2, 0) is 21.4 Å². The zero-order valence-electron chi connectivity index (χ0n) is 17.9. The van der Waals surface area contributed by atoms with Gasteiger partial charge in [0.05, 0.1) is 11.0 Å². The van der Waals surface area contributed by atoms with Crippen molar-refractivity contribution in [3.63, 3.8) is 0 Å². The summed E-state index contributed by atoms with van der Waals surface area (Å²) in [5, 5.41) is 2.95. The van der Waals surface area contributed by atoms with E-state index in [0.29, 0.717) is 30.9 Å². The minimum absolute atomic E-state index is 0.00291. The van der Waals surface area contributed by atoms with E-state index < -0.39 is 10.0 Å². The summed E-state index contributed by atoms with van der Waals surface area (Å²) < 4.78 is 32.4. The van der Waals surface area contributed by atoms with Crippen LogP contribution in [0, 0.1) is 0 Å². The predicted molar refractivity (Wildman–Crippen MR) is 121 cm³/mol. The molecule has 1 aliphatic heterocycles. The molecular weight excluding hydrogens is 414 g/mol. The van der Waals surface area contributed by atoms with E-state index in [1.807, 2.05) is 38.1 Å². The van der Waals surface area contributed by atoms with Crippen LogP contribution < -0.4 is 14.8 Å². The zero-order valence-corrected chi connectivity index (χ0v) is 18.7. The van der Waals surface area contributed by atoms with E-state index in [0.717, 1.165) is 30.6 Å². The molecule has 0 radical (unpaired) electrons. The van der Waals surface area contributed by atoms with E-state index in [1.165, 1.54) is 0 Å². The highest BCUT2D eigenvalue weighted by molar-refractivity contribution is 7.90. The molecule has 0 aliphatic carbocycles. The van der Waals surface area contributed by atoms with Crippen molar-refractivity contribution < 1.29 is 17.9 Å². The van der Waals surface area contributed by atoms with Gasteiger partial charge in [0.15, 0.2) is 0 Å². The topological polar surface area (TPSA) is 96.9 Å². The number of carbonyl (C=O) groups excluding carboxylic acids is 1. The van der Waals surface area contributed by atoms with Crippen LogP contribution in [0.25, 0.3) is 0 Å². The standard InChI is InChI=1S/C23H29N3O4S/c1-17(2)30-20-12-7-5-10-18(20)16-25-22(27)14-4-3-9-15-24-23-19-11-6-8-13-21(19)31(28,29)26-23/h5-8,10-13,17H,3-4,9,14-16H2,1-2H3,(H,24,26)(H,25,27). The number of nitrogens with one attached hydrogen (secondary N) is 2. The summed E-state index contributed by atoms with van der Waals surface area (Å²) in [5.74, 6) is 1.19. The number of sulfonamides is 1. The zero-order chi connectivity index (χ0) is 22.3. The fourth-order valence-electron chi connectivity index (χ4n) is 3.32. The van der Waals surface area contributed by atoms with E-state index in [4.69, 9.17) is 4.74 Å². The van der Waals surface area contributed by atoms with Crippen molar-refractivity contribution in [2.24, 2.45) is 4.99 Å². The lowest BCUT2D eigenvalue weighted by molar-refractivity contribution is -0.121. The number of para-hydroxylation sites is 1. The van der Waals surface area contributed by atoms with Crippen LogP contribution in [-0.4, -0.2) is 32.8 Å². The maximum atomic E-state index is 12.1. The molecule has 31 heavy (non-hydrogen) atoms. The lowest BCUT2D eigenvalue weighted by Crippen LogP contribution is -2.23. The summed E-state index contributed by atoms with van der Waals surface area (Å²) in [7, 11) is -3.50. The maximum Gasteiger partial charge on any atom is 0.263 e. The van der Waals surface area contributed by atoms with E-state index in [2.05, 4.69) is 15.0 Å². The summed E-state index contributed by atoms with van der Waals surface area (Å²) >= 11 is 0. The van der Waals surface area contributed by atoms with Crippen LogP contribution >= 0.6 is 0 Å². The molecule has 2 N–H and O–H groups in total. The number of hydrogen-bond acceptors (Lipinski definition) is 5. The first-order valence-corrected chi connectivity index (χ1v) is 12.0. The number of rotatable bonds is 10. The smallest absolute Gasteiger partial charge is 0.263 e. The molecule has 0 spiro atoms. The van der Waals surface area contributed by atoms with Crippen LogP contribution in [0.5, 0.6) is 5.75 Å². The van der Waals surface area contributed by atoms with Gasteiger partial charge in [-0.1, -0.05) is 36.8 Å². The highest BCUT2D eigenvalue weighted by Gasteiger charge is 2.29. The number of amides is 1. The van der Waals surface area contributed by atoms with E-state index >= 15 is 0 Å². The van der Waals surface area contributed by atoms with Gasteiger partial charge < -0.3 is 10.1 Å². The molecule has 7 nitrogen and oxygen atoms in total. The molecule has 166 valence electrons. The lowest BCUT2D eigenvalue weighted by atomic mass is 10.1. The Labute approximate surface area is 184 Å². The fourth-order valence-corrected chi connectivity index (χ4v) is 4.57. The largest absolute Gasteiger partial charge is 0.491 e. The van der Waals surface area contributed by atoms with Crippen LogP contribution in [0.1, 0.15) is 50.7 Å². The quantitative estimate of drug-likeness (QED) is 0.550. The molecule has 0 saturated heterocycles. The summed E-state index contributed by atoms with van der Waals surface area (Å²) in [6.45, 7) is 4.89. The van der Waals surface area contributed by atoms with Gasteiger partial charge in [-0.2, -0.15) is 0 Å². The third kappa shape index (κ3) is 6.30. The molecule has 1 heterocycles. The SMILES string of the molecule is CC(C)Oc1ccccc1CNC(=O)CCCCCN=C1NS(=O)(=O)c2ccccc21. The third-order valence-corrected chi connectivity index (χ3v) is 6.20. The average molecular weight is 444 g/mol. The van der Waals surface area contributed by atoms with E-state index in [1.54, 1.807) is 24.3 Å². The van der Waals surface area contributed by atoms with Gasteiger partial charge in [-0.05, 0) is 44.9 Å². The fraction of sp³-hybridized carbons (Fsp3) is 0.391. The van der Waals surface area contributed by atoms with Gasteiger partial charge in [0.2, 0.25) is 5.91 Å². The van der Waals surface area contributed by atoms with Crippen molar-refractivity contribution in [1.82, 2.24) is 10.0 Å². The third-order valence-electron chi connectivity index (χ3n) is 4.81. The first kappa shape index (κ1) is 22.8. The number of carbonyl (C=O) groups is 1. The van der Waals surface area contributed by atoms with E-state index in [-0.39, 0.29) is 16.9 Å². The van der Waals surface area contributed by atoms with Gasteiger partial charge in [0.25, 0.3) is 10.0 Å². The van der Waals surface area contributed by atoms with E-state index in [9.17, 15) is 13.2 Å². The van der Waals surface area contributed by atoms with Gasteiger partial charge in [-0.15, -0.1) is 0 Å². The summed E-state index contributed by atoms with van der Waals surface area (Å²) in [4.78, 5) is 16.8. The summed E-state index contributed by atoms with van der Waals surface area (Å²) in [6, 6.07) is 14.5. The second-order valence-corrected chi connectivity index (χ2v) is 9.34. The number of amidine groups is 1. The minimum Gasteiger partial charge on any atom is -0.491 e. The molecule has 1 amide bonds. The maximum absolute atomic E-state index is 12.1. The molecule has 0 fully saturated rings. The molecule has 0 aromatic heterocycles. The first-order valence-electron chi connectivity index (χ1n) is 10.5. The highest BCUT2D eigenvalue weighted by Crippen LogP contribution is 2.22. The van der Waals surface area contributed by atoms with Crippen LogP contribution in [0.2, 0.25) is 0 Å². The van der Waals surface area contributed by atoms with Crippen molar-refractivity contribution in [3.8, 4) is 5.75 Å². The number of aliphatic imine (C=N–C) groups is 1. The average Bonchev–Trinajstić information content (AvgIpc) is 3.00. The number of benzene rings is 2. The molecule has 0 unspecified atom stereocenters. The molecule has 0 saturated carbocycles. The minimum atomic E-state index is -3.50. The molecule has 8 heteroatoms. The van der Waals surface area contributed by atoms with Crippen molar-refractivity contribution in [1.29, 1.82) is 0 Å². The van der Waals surface area contributed by atoms with Gasteiger partial charge >= 0.3 is 0 Å². The number of unbranched alkanes of at least 4 members (excludes halogenated alkanes) is 2. The molecule has 0 bridgehead atoms. The van der Waals surface area contributed by atoms with Crippen molar-refractivity contribution in [2.75, 3.05) is 6.54 Å². The van der Waals surface area contributed by atoms with Crippen molar-refractivity contribution in [3.05, 3.63) is 59.7 Å². The van der Waals surface area contributed by atoms with Gasteiger partial charge in [-0.25, -0.2) is 8.42 Å². The van der Waals surface area contributed by atoms with Crippen molar-refractivity contribution in [2.45, 2.75) is 57.1 Å². The molecule has 1 aliphatic rings. The molecule has 0 atom stereocenters. The Morgan fingerprint density at radius 3 is 2.61 bits per heavy atom. The Hall–Kier alpha value is -2.87. The van der Waals surface area contributed by atoms with Crippen LogP contribution in [0.3, 0.4) is 0 Å². The Bertz CT molecular complexity index is 1050. The van der Waals surface area contributed by atoms with Crippen molar-refractivity contribution >= 4 is 21.8 Å². The van der Waals surface area contributed by atoms with Crippen LogP contribution in [0.15, 0.2) is 58.4 Å². The Balaban J connectivity index is 1.38. The highest BCUT2D eigenvalue weighted by atomic mass is 32.2. The Kier molecular flexibility index (Phi) is 7.68. The predicted octanol–water partition coefficient (Wildman–Crippen LogP) is 3.39. The number of hydrogen-bond donors (Lipinski definition) is 2. The monoisotopic (exact) mass is 443 g/mol. The molecule has 2 aromatic carbocycles. The summed E-state index contributed by atoms with van der Waals surface area (Å²) in [6.07, 6.45) is 2.90. The molecule has 3 rings (SSSR count). The molecular formula is C23H29N3O4S. The van der Waals surface area contributed by atoms with Crippen LogP contribution in [0.4, 0.5) is 0 Å². The summed E-state index contributed by atoms with van der Waals surface area (Å²) in [5.41, 5.74) is 1.57. The second kappa shape index (κ2) is 10.4.